The van der Waals surface area contributed by atoms with Gasteiger partial charge in [0.2, 0.25) is 0 Å². The van der Waals surface area contributed by atoms with Gasteiger partial charge in [0.15, 0.2) is 0 Å². The third kappa shape index (κ3) is 2.57. The molecule has 0 spiro atoms. The van der Waals surface area contributed by atoms with Crippen LogP contribution in [0.2, 0.25) is 0 Å². The van der Waals surface area contributed by atoms with Crippen LogP contribution in [0.3, 0.4) is 0 Å². The van der Waals surface area contributed by atoms with Crippen LogP contribution in [0.1, 0.15) is 11.3 Å². The van der Waals surface area contributed by atoms with Crippen LogP contribution >= 0.6 is 11.8 Å². The first kappa shape index (κ1) is 10.2. The molecule has 2 aromatic rings. The van der Waals surface area contributed by atoms with E-state index in [4.69, 9.17) is 10.2 Å². The van der Waals surface area contributed by atoms with Gasteiger partial charge < -0.3 is 10.2 Å². The molecule has 0 aliphatic carbocycles. The molecule has 0 fully saturated rings. The molecule has 78 valence electrons. The predicted octanol–water partition coefficient (Wildman–Crippen LogP) is 3.46. The summed E-state index contributed by atoms with van der Waals surface area (Å²) in [5, 5.41) is 0. The summed E-state index contributed by atoms with van der Waals surface area (Å²) in [5.41, 5.74) is 7.94. The summed E-state index contributed by atoms with van der Waals surface area (Å²) in [6, 6.07) is 9.93. The number of nitrogen functional groups attached to an aromatic ring is 1. The van der Waals surface area contributed by atoms with Gasteiger partial charge in [-0.15, -0.1) is 11.8 Å². The second-order valence-electron chi connectivity index (χ2n) is 3.41. The van der Waals surface area contributed by atoms with Crippen molar-refractivity contribution in [2.24, 2.45) is 0 Å². The highest BCUT2D eigenvalue weighted by molar-refractivity contribution is 7.98. The normalized spacial score (nSPS) is 10.5. The molecule has 0 atom stereocenters. The highest BCUT2D eigenvalue weighted by atomic mass is 32.2. The number of anilines is 1. The molecule has 0 saturated carbocycles. The smallest absolute Gasteiger partial charge is 0.113 e. The van der Waals surface area contributed by atoms with Crippen LogP contribution in [0.5, 0.6) is 0 Å². The van der Waals surface area contributed by atoms with E-state index < -0.39 is 0 Å². The Morgan fingerprint density at radius 1 is 1.33 bits per heavy atom. The summed E-state index contributed by atoms with van der Waals surface area (Å²) >= 11 is 1.70. The van der Waals surface area contributed by atoms with E-state index in [-0.39, 0.29) is 0 Å². The lowest BCUT2D eigenvalue weighted by Gasteiger charge is -2.04. The first-order valence-corrected chi connectivity index (χ1v) is 5.75. The minimum atomic E-state index is 0.820. The first-order valence-electron chi connectivity index (χ1n) is 4.77. The minimum absolute atomic E-state index is 0.820. The van der Waals surface area contributed by atoms with Gasteiger partial charge in [-0.25, -0.2) is 0 Å². The monoisotopic (exact) mass is 219 g/mol. The van der Waals surface area contributed by atoms with Gasteiger partial charge in [-0.05, 0) is 36.8 Å². The van der Waals surface area contributed by atoms with Crippen LogP contribution < -0.4 is 5.73 Å². The summed E-state index contributed by atoms with van der Waals surface area (Å²) in [6.07, 6.45) is 1.69. The third-order valence-corrected chi connectivity index (χ3v) is 3.21. The maximum atomic E-state index is 5.88. The van der Waals surface area contributed by atoms with Crippen LogP contribution in [0.25, 0.3) is 0 Å². The van der Waals surface area contributed by atoms with Gasteiger partial charge in [-0.2, -0.15) is 0 Å². The lowest BCUT2D eigenvalue weighted by molar-refractivity contribution is 0.530. The van der Waals surface area contributed by atoms with Gasteiger partial charge in [0.05, 0.1) is 12.0 Å². The van der Waals surface area contributed by atoms with Crippen molar-refractivity contribution in [1.82, 2.24) is 0 Å². The van der Waals surface area contributed by atoms with E-state index in [2.05, 4.69) is 13.0 Å². The molecule has 1 aromatic heterocycles. The highest BCUT2D eigenvalue weighted by Crippen LogP contribution is 2.28. The summed E-state index contributed by atoms with van der Waals surface area (Å²) < 4.78 is 5.26. The molecule has 0 radical (unpaired) electrons. The van der Waals surface area contributed by atoms with Crippen LogP contribution in [-0.4, -0.2) is 0 Å². The number of thioether (sulfide) groups is 1. The minimum Gasteiger partial charge on any atom is -0.468 e. The lowest BCUT2D eigenvalue weighted by Crippen LogP contribution is -1.89. The number of hydrogen-bond donors (Lipinski definition) is 1. The molecule has 15 heavy (non-hydrogen) atoms. The Hall–Kier alpha value is -1.35. The van der Waals surface area contributed by atoms with Gasteiger partial charge in [0, 0.05) is 10.6 Å². The highest BCUT2D eigenvalue weighted by Gasteiger charge is 2.02. The molecule has 2 nitrogen and oxygen atoms in total. The number of hydrogen-bond acceptors (Lipinski definition) is 3. The van der Waals surface area contributed by atoms with Crippen molar-refractivity contribution >= 4 is 17.4 Å². The molecule has 2 N–H and O–H groups in total. The zero-order valence-corrected chi connectivity index (χ0v) is 9.38. The number of aryl methyl sites for hydroxylation is 1. The summed E-state index contributed by atoms with van der Waals surface area (Å²) in [5.74, 6) is 1.79. The summed E-state index contributed by atoms with van der Waals surface area (Å²) in [4.78, 5) is 1.12. The van der Waals surface area contributed by atoms with Crippen molar-refractivity contribution in [3.05, 3.63) is 47.9 Å². The van der Waals surface area contributed by atoms with Crippen molar-refractivity contribution in [3.8, 4) is 0 Å². The van der Waals surface area contributed by atoms with E-state index in [9.17, 15) is 0 Å². The Morgan fingerprint density at radius 3 is 2.93 bits per heavy atom. The SMILES string of the molecule is Cc1ccc(N)c(SCc2ccco2)c1. The standard InChI is InChI=1S/C12H13NOS/c1-9-4-5-11(13)12(7-9)15-8-10-3-2-6-14-10/h2-7H,8,13H2,1H3. The average Bonchev–Trinajstić information content (AvgIpc) is 2.72. The Labute approximate surface area is 93.5 Å². The number of nitrogens with two attached hydrogens (primary N) is 1. The number of benzene rings is 1. The first-order chi connectivity index (χ1) is 7.25. The van der Waals surface area contributed by atoms with Crippen molar-refractivity contribution in [2.75, 3.05) is 5.73 Å². The maximum absolute atomic E-state index is 5.88. The molecule has 0 unspecified atom stereocenters. The van der Waals surface area contributed by atoms with Crippen molar-refractivity contribution in [3.63, 3.8) is 0 Å². The quantitative estimate of drug-likeness (QED) is 0.634. The average molecular weight is 219 g/mol. The topological polar surface area (TPSA) is 39.2 Å². The van der Waals surface area contributed by atoms with Gasteiger partial charge in [-0.3, -0.25) is 0 Å². The van der Waals surface area contributed by atoms with Crippen LogP contribution in [0.15, 0.2) is 45.9 Å². The molecule has 1 aromatic carbocycles. The molecular formula is C12H13NOS. The summed E-state index contributed by atoms with van der Waals surface area (Å²) in [6.45, 7) is 2.07. The maximum Gasteiger partial charge on any atom is 0.113 e. The zero-order valence-electron chi connectivity index (χ0n) is 8.57. The molecule has 0 saturated heterocycles. The van der Waals surface area contributed by atoms with E-state index in [1.807, 2.05) is 24.3 Å². The molecule has 1 heterocycles. The van der Waals surface area contributed by atoms with E-state index >= 15 is 0 Å². The summed E-state index contributed by atoms with van der Waals surface area (Å²) in [7, 11) is 0. The Balaban J connectivity index is 2.07. The molecule has 0 amide bonds. The Kier molecular flexibility index (Phi) is 3.02. The number of furan rings is 1. The number of rotatable bonds is 3. The van der Waals surface area contributed by atoms with Gasteiger partial charge in [0.1, 0.15) is 5.76 Å². The molecule has 0 bridgehead atoms. The fraction of sp³-hybridized carbons (Fsp3) is 0.167. The van der Waals surface area contributed by atoms with E-state index in [1.54, 1.807) is 18.0 Å². The predicted molar refractivity (Wildman–Crippen MR) is 63.9 cm³/mol. The third-order valence-electron chi connectivity index (χ3n) is 2.12. The lowest BCUT2D eigenvalue weighted by atomic mass is 10.2. The van der Waals surface area contributed by atoms with E-state index in [0.29, 0.717) is 0 Å². The van der Waals surface area contributed by atoms with Gasteiger partial charge in [0.25, 0.3) is 0 Å². The van der Waals surface area contributed by atoms with Crippen molar-refractivity contribution < 1.29 is 4.42 Å². The van der Waals surface area contributed by atoms with E-state index in [1.165, 1.54) is 5.56 Å². The fourth-order valence-corrected chi connectivity index (χ4v) is 2.28. The fourth-order valence-electron chi connectivity index (χ4n) is 1.31. The van der Waals surface area contributed by atoms with Crippen molar-refractivity contribution in [1.29, 1.82) is 0 Å². The second-order valence-corrected chi connectivity index (χ2v) is 4.43. The van der Waals surface area contributed by atoms with E-state index in [0.717, 1.165) is 22.1 Å². The molecule has 0 aliphatic heterocycles. The van der Waals surface area contributed by atoms with Crippen LogP contribution in [0, 0.1) is 6.92 Å². The molecular weight excluding hydrogens is 206 g/mol. The largest absolute Gasteiger partial charge is 0.468 e. The van der Waals surface area contributed by atoms with Gasteiger partial charge in [-0.1, -0.05) is 6.07 Å². The molecule has 3 heteroatoms. The van der Waals surface area contributed by atoms with Gasteiger partial charge >= 0.3 is 0 Å². The van der Waals surface area contributed by atoms with Crippen LogP contribution in [-0.2, 0) is 5.75 Å². The van der Waals surface area contributed by atoms with Crippen LogP contribution in [0.4, 0.5) is 5.69 Å². The molecule has 0 aliphatic rings. The Bertz CT molecular complexity index is 437. The second kappa shape index (κ2) is 4.45. The zero-order chi connectivity index (χ0) is 10.7. The Morgan fingerprint density at radius 2 is 2.20 bits per heavy atom. The molecule has 2 rings (SSSR count). The van der Waals surface area contributed by atoms with Crippen molar-refractivity contribution in [2.45, 2.75) is 17.6 Å².